The lowest BCUT2D eigenvalue weighted by atomic mass is 9.85. The van der Waals surface area contributed by atoms with Gasteiger partial charge in [0.05, 0.1) is 17.6 Å². The van der Waals surface area contributed by atoms with E-state index in [1.807, 2.05) is 0 Å². The van der Waals surface area contributed by atoms with E-state index in [4.69, 9.17) is 0 Å². The summed E-state index contributed by atoms with van der Waals surface area (Å²) < 4.78 is 22.7. The van der Waals surface area contributed by atoms with Crippen molar-refractivity contribution >= 4 is 9.84 Å². The summed E-state index contributed by atoms with van der Waals surface area (Å²) >= 11 is 0. The van der Waals surface area contributed by atoms with Crippen LogP contribution in [-0.2, 0) is 9.84 Å². The maximum Gasteiger partial charge on any atom is 0.154 e. The maximum absolute atomic E-state index is 11.4. The molecule has 2 N–H and O–H groups in total. The molecule has 0 aromatic rings. The van der Waals surface area contributed by atoms with Crippen molar-refractivity contribution in [2.75, 3.05) is 11.5 Å². The Kier molecular flexibility index (Phi) is 3.56. The fraction of sp³-hybridized carbons (Fsp3) is 1.00. The predicted octanol–water partition coefficient (Wildman–Crippen LogP) is 0.313. The zero-order valence-corrected chi connectivity index (χ0v) is 10.5. The summed E-state index contributed by atoms with van der Waals surface area (Å²) in [5.41, 5.74) is 0. The van der Waals surface area contributed by atoms with Crippen LogP contribution in [-0.4, -0.2) is 43.2 Å². The average molecular weight is 247 g/mol. The molecule has 0 aromatic heterocycles. The fourth-order valence-electron chi connectivity index (χ4n) is 2.83. The summed E-state index contributed by atoms with van der Waals surface area (Å²) in [6.07, 6.45) is 4.05. The van der Waals surface area contributed by atoms with Crippen LogP contribution in [0.3, 0.4) is 0 Å². The molecule has 1 aliphatic heterocycles. The van der Waals surface area contributed by atoms with Gasteiger partial charge in [-0.2, -0.15) is 0 Å². The Morgan fingerprint density at radius 2 is 1.81 bits per heavy atom. The lowest BCUT2D eigenvalue weighted by molar-refractivity contribution is 0.143. The van der Waals surface area contributed by atoms with Crippen molar-refractivity contribution in [1.82, 2.24) is 5.32 Å². The highest BCUT2D eigenvalue weighted by Gasteiger charge is 2.38. The summed E-state index contributed by atoms with van der Waals surface area (Å²) in [4.78, 5) is 0. The summed E-state index contributed by atoms with van der Waals surface area (Å²) in [5.74, 6) is 0.604. The smallest absolute Gasteiger partial charge is 0.154 e. The first-order valence-corrected chi connectivity index (χ1v) is 7.94. The number of hydrogen-bond donors (Lipinski definition) is 2. The molecule has 0 unspecified atom stereocenters. The molecule has 0 spiro atoms. The number of aliphatic hydroxyl groups is 1. The van der Waals surface area contributed by atoms with E-state index in [0.717, 1.165) is 6.42 Å². The highest BCUT2D eigenvalue weighted by atomic mass is 32.2. The summed E-state index contributed by atoms with van der Waals surface area (Å²) in [6, 6.07) is 0.122. The molecule has 5 heteroatoms. The van der Waals surface area contributed by atoms with Gasteiger partial charge in [-0.15, -0.1) is 0 Å². The normalized spacial score (nSPS) is 43.4. The molecule has 94 valence electrons. The van der Waals surface area contributed by atoms with Crippen LogP contribution < -0.4 is 5.32 Å². The number of sulfone groups is 1. The third kappa shape index (κ3) is 2.76. The van der Waals surface area contributed by atoms with Gasteiger partial charge >= 0.3 is 0 Å². The van der Waals surface area contributed by atoms with Crippen LogP contribution in [0, 0.1) is 5.92 Å². The molecule has 2 aliphatic rings. The van der Waals surface area contributed by atoms with Gasteiger partial charge in [0, 0.05) is 12.1 Å². The molecular formula is C11H21NO3S. The molecule has 2 rings (SSSR count). The van der Waals surface area contributed by atoms with Gasteiger partial charge in [0.2, 0.25) is 0 Å². The largest absolute Gasteiger partial charge is 0.390 e. The quantitative estimate of drug-likeness (QED) is 0.737. The minimum absolute atomic E-state index is 0.0776. The second-order valence-electron chi connectivity index (χ2n) is 5.29. The fourth-order valence-corrected chi connectivity index (χ4v) is 4.58. The minimum Gasteiger partial charge on any atom is -0.390 e. The van der Waals surface area contributed by atoms with Crippen molar-refractivity contribution < 1.29 is 13.5 Å². The Morgan fingerprint density at radius 1 is 1.12 bits per heavy atom. The second kappa shape index (κ2) is 4.63. The van der Waals surface area contributed by atoms with E-state index in [1.165, 1.54) is 19.3 Å². The molecule has 2 fully saturated rings. The third-order valence-electron chi connectivity index (χ3n) is 3.86. The summed E-state index contributed by atoms with van der Waals surface area (Å²) in [6.45, 7) is 2.20. The lowest BCUT2D eigenvalue weighted by Crippen LogP contribution is -2.48. The van der Waals surface area contributed by atoms with Crippen molar-refractivity contribution in [2.24, 2.45) is 5.92 Å². The molecule has 0 bridgehead atoms. The van der Waals surface area contributed by atoms with E-state index in [1.54, 1.807) is 0 Å². The van der Waals surface area contributed by atoms with Gasteiger partial charge in [-0.3, -0.25) is 0 Å². The molecule has 1 saturated heterocycles. The minimum atomic E-state index is -3.03. The molecule has 4 atom stereocenters. The zero-order valence-electron chi connectivity index (χ0n) is 9.72. The monoisotopic (exact) mass is 247 g/mol. The van der Waals surface area contributed by atoms with E-state index in [0.29, 0.717) is 12.0 Å². The van der Waals surface area contributed by atoms with Crippen LogP contribution >= 0.6 is 0 Å². The van der Waals surface area contributed by atoms with Crippen LogP contribution in [0.15, 0.2) is 0 Å². The lowest BCUT2D eigenvalue weighted by Gasteiger charge is -2.32. The molecule has 0 aromatic carbocycles. The van der Waals surface area contributed by atoms with Gasteiger partial charge in [0.1, 0.15) is 0 Å². The highest BCUT2D eigenvalue weighted by molar-refractivity contribution is 7.91. The maximum atomic E-state index is 11.4. The summed E-state index contributed by atoms with van der Waals surface area (Å²) in [5, 5.41) is 13.0. The average Bonchev–Trinajstić information content (AvgIpc) is 2.44. The Morgan fingerprint density at radius 3 is 2.38 bits per heavy atom. The molecule has 1 heterocycles. The van der Waals surface area contributed by atoms with E-state index in [2.05, 4.69) is 12.2 Å². The first-order chi connectivity index (χ1) is 7.48. The Balaban J connectivity index is 1.94. The van der Waals surface area contributed by atoms with Gasteiger partial charge in [-0.25, -0.2) is 8.42 Å². The standard InChI is InChI=1S/C11H21NO3S/c1-8-4-2-3-5-9(8)12-10-6-16(14,15)7-11(10)13/h8-13H,2-7H2,1H3/t8-,9+,10-,11+/m1/s1. The number of aliphatic hydroxyl groups excluding tert-OH is 1. The predicted molar refractivity (Wildman–Crippen MR) is 63.0 cm³/mol. The van der Waals surface area contributed by atoms with Crippen molar-refractivity contribution in [3.8, 4) is 0 Å². The number of hydrogen-bond acceptors (Lipinski definition) is 4. The second-order valence-corrected chi connectivity index (χ2v) is 7.44. The molecular weight excluding hydrogens is 226 g/mol. The molecule has 0 radical (unpaired) electrons. The Bertz CT molecular complexity index is 341. The Hall–Kier alpha value is -0.130. The topological polar surface area (TPSA) is 66.4 Å². The van der Waals surface area contributed by atoms with Crippen molar-refractivity contribution in [2.45, 2.75) is 50.8 Å². The Labute approximate surface area is 97.3 Å². The van der Waals surface area contributed by atoms with E-state index in [-0.39, 0.29) is 17.5 Å². The van der Waals surface area contributed by atoms with Crippen molar-refractivity contribution in [1.29, 1.82) is 0 Å². The van der Waals surface area contributed by atoms with E-state index < -0.39 is 15.9 Å². The van der Waals surface area contributed by atoms with Gasteiger partial charge in [-0.05, 0) is 18.8 Å². The molecule has 1 aliphatic carbocycles. The van der Waals surface area contributed by atoms with E-state index >= 15 is 0 Å². The van der Waals surface area contributed by atoms with Gasteiger partial charge in [0.25, 0.3) is 0 Å². The molecule has 0 amide bonds. The van der Waals surface area contributed by atoms with E-state index in [9.17, 15) is 13.5 Å². The number of nitrogens with one attached hydrogen (secondary N) is 1. The third-order valence-corrected chi connectivity index (χ3v) is 5.58. The number of rotatable bonds is 2. The highest BCUT2D eigenvalue weighted by Crippen LogP contribution is 2.25. The van der Waals surface area contributed by atoms with Crippen molar-refractivity contribution in [3.63, 3.8) is 0 Å². The first kappa shape index (κ1) is 12.3. The van der Waals surface area contributed by atoms with Gasteiger partial charge in [0.15, 0.2) is 9.84 Å². The van der Waals surface area contributed by atoms with Crippen LogP contribution in [0.5, 0.6) is 0 Å². The summed E-state index contributed by atoms with van der Waals surface area (Å²) in [7, 11) is -3.03. The van der Waals surface area contributed by atoms with Crippen molar-refractivity contribution in [3.05, 3.63) is 0 Å². The van der Waals surface area contributed by atoms with Gasteiger partial charge < -0.3 is 10.4 Å². The van der Waals surface area contributed by atoms with Crippen LogP contribution in [0.4, 0.5) is 0 Å². The van der Waals surface area contributed by atoms with Gasteiger partial charge in [-0.1, -0.05) is 19.8 Å². The first-order valence-electron chi connectivity index (χ1n) is 6.12. The molecule has 1 saturated carbocycles. The zero-order chi connectivity index (χ0) is 11.8. The van der Waals surface area contributed by atoms with Crippen LogP contribution in [0.25, 0.3) is 0 Å². The van der Waals surface area contributed by atoms with Crippen LogP contribution in [0.1, 0.15) is 32.6 Å². The van der Waals surface area contributed by atoms with Crippen LogP contribution in [0.2, 0.25) is 0 Å². The molecule has 4 nitrogen and oxygen atoms in total. The molecule has 16 heavy (non-hydrogen) atoms. The SMILES string of the molecule is C[C@@H]1CCCC[C@@H]1N[C@@H]1CS(=O)(=O)C[C@@H]1O.